The van der Waals surface area contributed by atoms with Gasteiger partial charge in [0.25, 0.3) is 0 Å². The van der Waals surface area contributed by atoms with E-state index in [1.54, 1.807) is 0 Å². The lowest BCUT2D eigenvalue weighted by Gasteiger charge is -2.36. The minimum absolute atomic E-state index is 0.547. The second kappa shape index (κ2) is 5.63. The molecule has 0 saturated carbocycles. The normalized spacial score (nSPS) is 22.0. The van der Waals surface area contributed by atoms with Gasteiger partial charge >= 0.3 is 0 Å². The molecule has 1 saturated heterocycles. The van der Waals surface area contributed by atoms with Gasteiger partial charge < -0.3 is 0 Å². The van der Waals surface area contributed by atoms with Crippen LogP contribution in [0.25, 0.3) is 0 Å². The highest BCUT2D eigenvalue weighted by Gasteiger charge is 2.25. The molecule has 2 rings (SSSR count). The van der Waals surface area contributed by atoms with E-state index in [0.29, 0.717) is 6.04 Å². The predicted molar refractivity (Wildman–Crippen MR) is 72.0 cm³/mol. The number of aryl methyl sites for hydroxylation is 1. The summed E-state index contributed by atoms with van der Waals surface area (Å²) in [6.07, 6.45) is 5.90. The van der Waals surface area contributed by atoms with Crippen molar-refractivity contribution in [3.05, 3.63) is 29.6 Å². The maximum atomic E-state index is 4.58. The SMILES string of the molecule is Cc1ccnc([C@H]2CCCCN2CC(C)C)c1. The quantitative estimate of drug-likeness (QED) is 0.792. The number of piperidine rings is 1. The van der Waals surface area contributed by atoms with Crippen molar-refractivity contribution in [1.82, 2.24) is 9.88 Å². The fourth-order valence-corrected chi connectivity index (χ4v) is 2.76. The molecule has 2 heterocycles. The fourth-order valence-electron chi connectivity index (χ4n) is 2.76. The topological polar surface area (TPSA) is 16.1 Å². The van der Waals surface area contributed by atoms with E-state index in [1.807, 2.05) is 6.20 Å². The number of pyridine rings is 1. The third kappa shape index (κ3) is 3.29. The van der Waals surface area contributed by atoms with E-state index < -0.39 is 0 Å². The van der Waals surface area contributed by atoms with Gasteiger partial charge in [0.1, 0.15) is 0 Å². The first-order valence-corrected chi connectivity index (χ1v) is 6.83. The van der Waals surface area contributed by atoms with Crippen molar-refractivity contribution in [3.63, 3.8) is 0 Å². The summed E-state index contributed by atoms with van der Waals surface area (Å²) in [5, 5.41) is 0. The summed E-state index contributed by atoms with van der Waals surface area (Å²) in [4.78, 5) is 7.20. The lowest BCUT2D eigenvalue weighted by Crippen LogP contribution is -2.36. The Morgan fingerprint density at radius 1 is 1.41 bits per heavy atom. The van der Waals surface area contributed by atoms with Crippen LogP contribution in [0.4, 0.5) is 0 Å². The van der Waals surface area contributed by atoms with Gasteiger partial charge in [-0.3, -0.25) is 9.88 Å². The van der Waals surface area contributed by atoms with Crippen molar-refractivity contribution in [3.8, 4) is 0 Å². The molecular weight excluding hydrogens is 208 g/mol. The average Bonchev–Trinajstić information content (AvgIpc) is 2.29. The highest BCUT2D eigenvalue weighted by molar-refractivity contribution is 5.17. The molecule has 94 valence electrons. The Balaban J connectivity index is 2.15. The summed E-state index contributed by atoms with van der Waals surface area (Å²) in [6.45, 7) is 9.18. The van der Waals surface area contributed by atoms with Gasteiger partial charge in [-0.1, -0.05) is 20.3 Å². The molecule has 0 amide bonds. The lowest BCUT2D eigenvalue weighted by molar-refractivity contribution is 0.129. The van der Waals surface area contributed by atoms with E-state index in [2.05, 4.69) is 42.8 Å². The monoisotopic (exact) mass is 232 g/mol. The number of likely N-dealkylation sites (tertiary alicyclic amines) is 1. The predicted octanol–water partition coefficient (Wildman–Crippen LogP) is 3.57. The Bertz CT molecular complexity index is 360. The molecule has 17 heavy (non-hydrogen) atoms. The Labute approximate surface area is 105 Å². The van der Waals surface area contributed by atoms with Gasteiger partial charge in [-0.2, -0.15) is 0 Å². The summed E-state index contributed by atoms with van der Waals surface area (Å²) < 4.78 is 0. The highest BCUT2D eigenvalue weighted by atomic mass is 15.2. The van der Waals surface area contributed by atoms with Crippen molar-refractivity contribution < 1.29 is 0 Å². The molecule has 1 aliphatic heterocycles. The second-order valence-corrected chi connectivity index (χ2v) is 5.66. The van der Waals surface area contributed by atoms with Crippen molar-refractivity contribution >= 4 is 0 Å². The summed E-state index contributed by atoms with van der Waals surface area (Å²) in [5.74, 6) is 0.736. The number of rotatable bonds is 3. The lowest BCUT2D eigenvalue weighted by atomic mass is 9.97. The molecule has 2 heteroatoms. The smallest absolute Gasteiger partial charge is 0.0578 e. The Morgan fingerprint density at radius 2 is 2.24 bits per heavy atom. The van der Waals surface area contributed by atoms with Crippen molar-refractivity contribution in [1.29, 1.82) is 0 Å². The summed E-state index contributed by atoms with van der Waals surface area (Å²) in [5.41, 5.74) is 2.59. The van der Waals surface area contributed by atoms with E-state index in [4.69, 9.17) is 0 Å². The van der Waals surface area contributed by atoms with Gasteiger partial charge in [0.05, 0.1) is 11.7 Å². The summed E-state index contributed by atoms with van der Waals surface area (Å²) in [7, 11) is 0. The number of aromatic nitrogens is 1. The number of hydrogen-bond acceptors (Lipinski definition) is 2. The van der Waals surface area contributed by atoms with E-state index in [-0.39, 0.29) is 0 Å². The van der Waals surface area contributed by atoms with Gasteiger partial charge in [0.15, 0.2) is 0 Å². The third-order valence-electron chi connectivity index (χ3n) is 3.49. The fraction of sp³-hybridized carbons (Fsp3) is 0.667. The van der Waals surface area contributed by atoms with Crippen LogP contribution in [-0.2, 0) is 0 Å². The zero-order chi connectivity index (χ0) is 12.3. The van der Waals surface area contributed by atoms with Crippen LogP contribution in [0.3, 0.4) is 0 Å². The van der Waals surface area contributed by atoms with Crippen LogP contribution in [0.1, 0.15) is 50.4 Å². The van der Waals surface area contributed by atoms with E-state index in [0.717, 1.165) is 5.92 Å². The summed E-state index contributed by atoms with van der Waals surface area (Å²) >= 11 is 0. The van der Waals surface area contributed by atoms with Gasteiger partial charge in [-0.25, -0.2) is 0 Å². The van der Waals surface area contributed by atoms with Gasteiger partial charge in [0.2, 0.25) is 0 Å². The summed E-state index contributed by atoms with van der Waals surface area (Å²) in [6, 6.07) is 4.88. The molecule has 1 fully saturated rings. The van der Waals surface area contributed by atoms with Crippen LogP contribution in [-0.4, -0.2) is 23.0 Å². The minimum Gasteiger partial charge on any atom is -0.295 e. The first-order chi connectivity index (χ1) is 8.16. The molecule has 1 atom stereocenters. The van der Waals surface area contributed by atoms with Crippen LogP contribution in [0, 0.1) is 12.8 Å². The first kappa shape index (κ1) is 12.6. The van der Waals surface area contributed by atoms with Crippen LogP contribution >= 0.6 is 0 Å². The molecular formula is C15H24N2. The third-order valence-corrected chi connectivity index (χ3v) is 3.49. The molecule has 2 nitrogen and oxygen atoms in total. The molecule has 0 unspecified atom stereocenters. The standard InChI is InChI=1S/C15H24N2/c1-12(2)11-17-9-5-4-6-15(17)14-10-13(3)7-8-16-14/h7-8,10,12,15H,4-6,9,11H2,1-3H3/t15-/m1/s1. The number of hydrogen-bond donors (Lipinski definition) is 0. The van der Waals surface area contributed by atoms with Gasteiger partial charge in [0, 0.05) is 12.7 Å². The Kier molecular flexibility index (Phi) is 4.16. The van der Waals surface area contributed by atoms with Crippen molar-refractivity contribution in [2.45, 2.75) is 46.1 Å². The van der Waals surface area contributed by atoms with Crippen LogP contribution in [0.15, 0.2) is 18.3 Å². The molecule has 1 aromatic heterocycles. The van der Waals surface area contributed by atoms with Crippen LogP contribution in [0.5, 0.6) is 0 Å². The molecule has 0 aromatic carbocycles. The van der Waals surface area contributed by atoms with Gasteiger partial charge in [-0.15, -0.1) is 0 Å². The van der Waals surface area contributed by atoms with E-state index in [9.17, 15) is 0 Å². The molecule has 0 N–H and O–H groups in total. The molecule has 0 radical (unpaired) electrons. The average molecular weight is 232 g/mol. The highest BCUT2D eigenvalue weighted by Crippen LogP contribution is 2.30. The molecule has 0 bridgehead atoms. The number of nitrogens with zero attached hydrogens (tertiary/aromatic N) is 2. The minimum atomic E-state index is 0.547. The molecule has 1 aromatic rings. The Morgan fingerprint density at radius 3 is 2.94 bits per heavy atom. The van der Waals surface area contributed by atoms with Crippen LogP contribution < -0.4 is 0 Å². The molecule has 0 aliphatic carbocycles. The zero-order valence-electron chi connectivity index (χ0n) is 11.3. The maximum Gasteiger partial charge on any atom is 0.0578 e. The van der Waals surface area contributed by atoms with E-state index >= 15 is 0 Å². The molecule has 0 spiro atoms. The van der Waals surface area contributed by atoms with E-state index in [1.165, 1.54) is 43.6 Å². The Hall–Kier alpha value is -0.890. The maximum absolute atomic E-state index is 4.58. The van der Waals surface area contributed by atoms with Crippen molar-refractivity contribution in [2.24, 2.45) is 5.92 Å². The first-order valence-electron chi connectivity index (χ1n) is 6.83. The van der Waals surface area contributed by atoms with Crippen molar-refractivity contribution in [2.75, 3.05) is 13.1 Å². The zero-order valence-corrected chi connectivity index (χ0v) is 11.3. The van der Waals surface area contributed by atoms with Gasteiger partial charge in [-0.05, 0) is 49.9 Å². The second-order valence-electron chi connectivity index (χ2n) is 5.66. The molecule has 1 aliphatic rings. The largest absolute Gasteiger partial charge is 0.295 e. The van der Waals surface area contributed by atoms with Crippen LogP contribution in [0.2, 0.25) is 0 Å².